The molecule has 0 aliphatic carbocycles. The molecule has 0 spiro atoms. The van der Waals surface area contributed by atoms with Gasteiger partial charge in [-0.05, 0) is 0 Å². The Kier molecular flexibility index (Phi) is 20.3. The summed E-state index contributed by atoms with van der Waals surface area (Å²) in [6, 6.07) is 0. The van der Waals surface area contributed by atoms with Crippen molar-refractivity contribution in [3.8, 4) is 0 Å². The van der Waals surface area contributed by atoms with Crippen LogP contribution in [0.4, 0.5) is 0 Å². The maximum absolute atomic E-state index is 2.36. The van der Waals surface area contributed by atoms with Gasteiger partial charge in [0.15, 0.2) is 0 Å². The molecule has 0 atom stereocenters. The second-order valence-corrected chi connectivity index (χ2v) is 26.9. The molecule has 0 amide bonds. The third-order valence-corrected chi connectivity index (χ3v) is 27.8. The average Bonchev–Trinajstić information content (AvgIpc) is 2.21. The number of halogens is 1. The molecule has 0 unspecified atom stereocenters. The standard InChI is InChI=1S/3C4H9.ClH.Mg.Sn.H/c3*1-3-4-2;;;;/h3*1,3-4H2,2H3;1H;;;. The molecular formula is C12H29ClMgSn. The topological polar surface area (TPSA) is 0 Å². The molecule has 0 radical (unpaired) electrons. The summed E-state index contributed by atoms with van der Waals surface area (Å²) in [4.78, 5) is 0. The SMILES string of the molecule is CCC[CH2][Mg][SnH]([CH2]CCC)[CH2]CCC.Cl. The van der Waals surface area contributed by atoms with Gasteiger partial charge in [-0.15, -0.1) is 12.4 Å². The predicted molar refractivity (Wildman–Crippen MR) is 79.3 cm³/mol. The van der Waals surface area contributed by atoms with Crippen molar-refractivity contribution < 1.29 is 0 Å². The van der Waals surface area contributed by atoms with Gasteiger partial charge in [0.1, 0.15) is 0 Å². The van der Waals surface area contributed by atoms with Gasteiger partial charge in [-0.25, -0.2) is 0 Å². The van der Waals surface area contributed by atoms with Crippen molar-refractivity contribution in [2.24, 2.45) is 0 Å². The minimum atomic E-state index is -0.850. The van der Waals surface area contributed by atoms with Crippen molar-refractivity contribution in [2.75, 3.05) is 0 Å². The number of rotatable bonds is 10. The third kappa shape index (κ3) is 13.8. The fraction of sp³-hybridized carbons (Fsp3) is 1.00. The van der Waals surface area contributed by atoms with Crippen LogP contribution in [0.5, 0.6) is 0 Å². The van der Waals surface area contributed by atoms with Gasteiger partial charge in [-0.1, -0.05) is 0 Å². The van der Waals surface area contributed by atoms with Crippen LogP contribution < -0.4 is 0 Å². The molecule has 0 saturated heterocycles. The Morgan fingerprint density at radius 2 is 1.27 bits per heavy atom. The van der Waals surface area contributed by atoms with Crippen LogP contribution in [0.1, 0.15) is 59.3 Å². The van der Waals surface area contributed by atoms with Crippen molar-refractivity contribution >= 4 is 44.9 Å². The quantitative estimate of drug-likeness (QED) is 0.397. The van der Waals surface area contributed by atoms with Gasteiger partial charge in [-0.2, -0.15) is 0 Å². The minimum Gasteiger partial charge on any atom is -0.147 e. The first-order chi connectivity index (χ1) is 6.85. The van der Waals surface area contributed by atoms with E-state index in [9.17, 15) is 0 Å². The summed E-state index contributed by atoms with van der Waals surface area (Å²) in [7, 11) is 0. The average molecular weight is 352 g/mol. The van der Waals surface area contributed by atoms with Gasteiger partial charge in [0.2, 0.25) is 0 Å². The number of unbranched alkanes of at least 4 members (excludes halogenated alkanes) is 3. The van der Waals surface area contributed by atoms with Crippen LogP contribution in [0.2, 0.25) is 13.4 Å². The zero-order valence-corrected chi connectivity index (χ0v) is 16.6. The van der Waals surface area contributed by atoms with Gasteiger partial charge in [0, 0.05) is 0 Å². The van der Waals surface area contributed by atoms with Crippen LogP contribution >= 0.6 is 12.4 Å². The van der Waals surface area contributed by atoms with E-state index in [2.05, 4.69) is 20.8 Å². The van der Waals surface area contributed by atoms with E-state index in [4.69, 9.17) is 0 Å². The van der Waals surface area contributed by atoms with Crippen LogP contribution in [0.25, 0.3) is 0 Å². The zero-order chi connectivity index (χ0) is 10.6. The molecule has 15 heavy (non-hydrogen) atoms. The Hall–Kier alpha value is 1.85. The minimum absolute atomic E-state index is 0. The fourth-order valence-corrected chi connectivity index (χ4v) is 26.7. The van der Waals surface area contributed by atoms with Gasteiger partial charge in [-0.3, -0.25) is 0 Å². The molecule has 0 fully saturated rings. The van der Waals surface area contributed by atoms with Crippen LogP contribution in [0.15, 0.2) is 0 Å². The molecule has 0 aromatic rings. The number of hydrogen-bond donors (Lipinski definition) is 0. The molecule has 0 saturated carbocycles. The monoisotopic (exact) mass is 352 g/mol. The third-order valence-electron chi connectivity index (χ3n) is 3.15. The predicted octanol–water partition coefficient (Wildman–Crippen LogP) is 4.65. The summed E-state index contributed by atoms with van der Waals surface area (Å²) in [6.45, 7) is 7.06. The smallest absolute Gasteiger partial charge is 0.147 e. The molecule has 90 valence electrons. The fourth-order valence-electron chi connectivity index (χ4n) is 2.10. The number of hydrogen-bond acceptors (Lipinski definition) is 0. The molecule has 0 aromatic carbocycles. The van der Waals surface area contributed by atoms with E-state index in [1.807, 2.05) is 0 Å². The van der Waals surface area contributed by atoms with E-state index in [1.165, 1.54) is 19.3 Å². The van der Waals surface area contributed by atoms with E-state index in [0.29, 0.717) is 16.5 Å². The van der Waals surface area contributed by atoms with Crippen LogP contribution in [0.3, 0.4) is 0 Å². The van der Waals surface area contributed by atoms with Crippen molar-refractivity contribution in [3.05, 3.63) is 0 Å². The van der Waals surface area contributed by atoms with E-state index >= 15 is 0 Å². The van der Waals surface area contributed by atoms with Crippen LogP contribution in [-0.4, -0.2) is 32.5 Å². The molecule has 0 N–H and O–H groups in total. The Morgan fingerprint density at radius 3 is 1.67 bits per heavy atom. The Labute approximate surface area is 116 Å². The normalized spacial score (nSPS) is 9.87. The summed E-state index contributed by atoms with van der Waals surface area (Å²) in [5.41, 5.74) is 0. The summed E-state index contributed by atoms with van der Waals surface area (Å²) < 4.78 is 5.22. The van der Waals surface area contributed by atoms with Crippen molar-refractivity contribution in [1.82, 2.24) is 0 Å². The molecule has 0 nitrogen and oxygen atoms in total. The van der Waals surface area contributed by atoms with E-state index in [0.717, 1.165) is 0 Å². The van der Waals surface area contributed by atoms with E-state index in [-0.39, 0.29) is 12.4 Å². The summed E-state index contributed by atoms with van der Waals surface area (Å²) >= 11 is -0.366. The van der Waals surface area contributed by atoms with Gasteiger partial charge in [0.25, 0.3) is 0 Å². The molecule has 3 heteroatoms. The maximum Gasteiger partial charge on any atom is -0.147 e. The first kappa shape index (κ1) is 19.2. The van der Waals surface area contributed by atoms with Gasteiger partial charge < -0.3 is 0 Å². The second-order valence-electron chi connectivity index (χ2n) is 4.65. The van der Waals surface area contributed by atoms with Crippen LogP contribution in [0, 0.1) is 0 Å². The molecule has 0 heterocycles. The summed E-state index contributed by atoms with van der Waals surface area (Å²) in [5, 5.41) is 0. The molecule has 0 aromatic heterocycles. The summed E-state index contributed by atoms with van der Waals surface area (Å²) in [6.07, 6.45) is 9.03. The summed E-state index contributed by atoms with van der Waals surface area (Å²) in [5.74, 6) is 0. The first-order valence-corrected chi connectivity index (χ1v) is 20.3. The van der Waals surface area contributed by atoms with E-state index < -0.39 is 16.0 Å². The second kappa shape index (κ2) is 15.9. The Bertz CT molecular complexity index is 104. The van der Waals surface area contributed by atoms with Crippen LogP contribution in [-0.2, 0) is 0 Å². The van der Waals surface area contributed by atoms with Crippen molar-refractivity contribution in [1.29, 1.82) is 0 Å². The molecular weight excluding hydrogens is 323 g/mol. The van der Waals surface area contributed by atoms with E-state index in [1.54, 1.807) is 32.7 Å². The zero-order valence-electron chi connectivity index (χ0n) is 11.1. The molecule has 0 aliphatic rings. The van der Waals surface area contributed by atoms with Gasteiger partial charge in [0.05, 0.1) is 0 Å². The first-order valence-electron chi connectivity index (χ1n) is 6.85. The van der Waals surface area contributed by atoms with Crippen molar-refractivity contribution in [3.63, 3.8) is 0 Å². The largest absolute Gasteiger partial charge is 0.147 e. The van der Waals surface area contributed by atoms with Crippen molar-refractivity contribution in [2.45, 2.75) is 72.7 Å². The van der Waals surface area contributed by atoms with Gasteiger partial charge >= 0.3 is 105 Å². The molecule has 0 aliphatic heterocycles. The Morgan fingerprint density at radius 1 is 0.800 bits per heavy atom. The Balaban J connectivity index is 0. The molecule has 0 rings (SSSR count). The molecule has 0 bridgehead atoms. The maximum atomic E-state index is 2.36.